The molecule has 134 valence electrons. The third-order valence-electron chi connectivity index (χ3n) is 3.91. The number of carbonyl (C=O) groups excluding carboxylic acids is 1. The van der Waals surface area contributed by atoms with Gasteiger partial charge in [0.05, 0.1) is 12.5 Å². The third-order valence-corrected chi connectivity index (χ3v) is 3.91. The number of rotatable bonds is 8. The molecule has 0 saturated carbocycles. The molecule has 2 aromatic carbocycles. The van der Waals surface area contributed by atoms with Gasteiger partial charge in [-0.05, 0) is 69.0 Å². The van der Waals surface area contributed by atoms with Crippen molar-refractivity contribution in [3.8, 4) is 5.75 Å². The Bertz CT molecular complexity index is 663. The maximum Gasteiger partial charge on any atom is 0.224 e. The predicted octanol–water partition coefficient (Wildman–Crippen LogP) is 3.74. The van der Waals surface area contributed by atoms with Gasteiger partial charge in [-0.1, -0.05) is 24.3 Å². The summed E-state index contributed by atoms with van der Waals surface area (Å²) in [5, 5.41) is 3.06. The van der Waals surface area contributed by atoms with E-state index in [-0.39, 0.29) is 18.1 Å². The summed E-state index contributed by atoms with van der Waals surface area (Å²) in [7, 11) is 0. The van der Waals surface area contributed by atoms with E-state index >= 15 is 0 Å². The van der Waals surface area contributed by atoms with Crippen LogP contribution in [0.25, 0.3) is 0 Å². The van der Waals surface area contributed by atoms with Crippen LogP contribution in [0.5, 0.6) is 5.75 Å². The molecule has 25 heavy (non-hydrogen) atoms. The van der Waals surface area contributed by atoms with E-state index in [9.17, 15) is 4.79 Å². The van der Waals surface area contributed by atoms with Crippen LogP contribution in [0.2, 0.25) is 0 Å². The fourth-order valence-corrected chi connectivity index (χ4v) is 2.61. The van der Waals surface area contributed by atoms with Crippen LogP contribution in [0, 0.1) is 0 Å². The van der Waals surface area contributed by atoms with Gasteiger partial charge in [0.1, 0.15) is 5.75 Å². The first kappa shape index (κ1) is 18.8. The Morgan fingerprint density at radius 1 is 1.00 bits per heavy atom. The van der Waals surface area contributed by atoms with Gasteiger partial charge in [0, 0.05) is 11.7 Å². The largest absolute Gasteiger partial charge is 0.491 e. The summed E-state index contributed by atoms with van der Waals surface area (Å²) >= 11 is 0. The monoisotopic (exact) mass is 340 g/mol. The van der Waals surface area contributed by atoms with Crippen LogP contribution in [0.1, 0.15) is 38.3 Å². The lowest BCUT2D eigenvalue weighted by atomic mass is 10.1. The minimum atomic E-state index is 0.0398. The van der Waals surface area contributed by atoms with Crippen molar-refractivity contribution >= 4 is 11.6 Å². The molecule has 2 rings (SSSR count). The molecule has 3 N–H and O–H groups in total. The summed E-state index contributed by atoms with van der Waals surface area (Å²) in [4.78, 5) is 12.1. The number of nitrogens with one attached hydrogen (secondary N) is 1. The van der Waals surface area contributed by atoms with Crippen molar-refractivity contribution in [2.75, 3.05) is 5.73 Å². The SMILES string of the molecule is CC(CCc1ccc(OC(C)C)cc1)NC(=O)Cc1ccc(N)cc1. The first-order chi connectivity index (χ1) is 11.9. The molecule has 0 spiro atoms. The van der Waals surface area contributed by atoms with E-state index in [1.807, 2.05) is 57.2 Å². The van der Waals surface area contributed by atoms with E-state index in [0.717, 1.165) is 24.2 Å². The van der Waals surface area contributed by atoms with Crippen molar-refractivity contribution in [1.82, 2.24) is 5.32 Å². The molecule has 1 amide bonds. The zero-order valence-electron chi connectivity index (χ0n) is 15.3. The smallest absolute Gasteiger partial charge is 0.224 e. The number of nitrogen functional groups attached to an aromatic ring is 1. The lowest BCUT2D eigenvalue weighted by molar-refractivity contribution is -0.121. The molecular weight excluding hydrogens is 312 g/mol. The van der Waals surface area contributed by atoms with Crippen molar-refractivity contribution in [2.45, 2.75) is 52.2 Å². The van der Waals surface area contributed by atoms with Gasteiger partial charge in [0.2, 0.25) is 5.91 Å². The number of carbonyl (C=O) groups is 1. The van der Waals surface area contributed by atoms with E-state index in [1.165, 1.54) is 5.56 Å². The first-order valence-corrected chi connectivity index (χ1v) is 8.81. The number of hydrogen-bond donors (Lipinski definition) is 2. The molecule has 0 saturated heterocycles. The van der Waals surface area contributed by atoms with Gasteiger partial charge in [0.25, 0.3) is 0 Å². The number of amides is 1. The first-order valence-electron chi connectivity index (χ1n) is 8.81. The molecule has 4 nitrogen and oxygen atoms in total. The van der Waals surface area contributed by atoms with Gasteiger partial charge in [-0.25, -0.2) is 0 Å². The standard InChI is InChI=1S/C21H28N2O2/c1-15(2)25-20-12-8-17(9-13-20)5-4-16(3)23-21(24)14-18-6-10-19(22)11-7-18/h6-13,15-16H,4-5,14,22H2,1-3H3,(H,23,24). The number of hydrogen-bond acceptors (Lipinski definition) is 3. The summed E-state index contributed by atoms with van der Waals surface area (Å²) in [6.45, 7) is 6.07. The topological polar surface area (TPSA) is 64.3 Å². The number of anilines is 1. The van der Waals surface area contributed by atoms with Gasteiger partial charge < -0.3 is 15.8 Å². The quantitative estimate of drug-likeness (QED) is 0.720. The van der Waals surface area contributed by atoms with E-state index in [2.05, 4.69) is 17.4 Å². The lowest BCUT2D eigenvalue weighted by Crippen LogP contribution is -2.34. The van der Waals surface area contributed by atoms with Gasteiger partial charge >= 0.3 is 0 Å². The molecule has 0 aliphatic rings. The minimum Gasteiger partial charge on any atom is -0.491 e. The Balaban J connectivity index is 1.75. The number of aryl methyl sites for hydroxylation is 1. The van der Waals surface area contributed by atoms with E-state index in [1.54, 1.807) is 0 Å². The summed E-state index contributed by atoms with van der Waals surface area (Å²) in [6.07, 6.45) is 2.39. The van der Waals surface area contributed by atoms with E-state index in [0.29, 0.717) is 12.1 Å². The highest BCUT2D eigenvalue weighted by atomic mass is 16.5. The molecule has 1 atom stereocenters. The molecule has 0 bridgehead atoms. The zero-order valence-corrected chi connectivity index (χ0v) is 15.3. The van der Waals surface area contributed by atoms with Crippen LogP contribution in [0.4, 0.5) is 5.69 Å². The summed E-state index contributed by atoms with van der Waals surface area (Å²) < 4.78 is 5.65. The maximum absolute atomic E-state index is 12.1. The number of benzene rings is 2. The fraction of sp³-hybridized carbons (Fsp3) is 0.381. The Kier molecular flexibility index (Phi) is 6.87. The molecule has 1 unspecified atom stereocenters. The summed E-state index contributed by atoms with van der Waals surface area (Å²) in [5.74, 6) is 0.932. The Labute approximate surface area is 150 Å². The van der Waals surface area contributed by atoms with Crippen LogP contribution >= 0.6 is 0 Å². The molecule has 0 aliphatic heterocycles. The van der Waals surface area contributed by atoms with Crippen molar-refractivity contribution in [2.24, 2.45) is 0 Å². The number of nitrogens with two attached hydrogens (primary N) is 1. The van der Waals surface area contributed by atoms with Gasteiger partial charge in [-0.3, -0.25) is 4.79 Å². The fourth-order valence-electron chi connectivity index (χ4n) is 2.61. The van der Waals surface area contributed by atoms with Crippen molar-refractivity contribution in [1.29, 1.82) is 0 Å². The summed E-state index contributed by atoms with van der Waals surface area (Å²) in [5.41, 5.74) is 8.59. The molecule has 0 fully saturated rings. The highest BCUT2D eigenvalue weighted by Gasteiger charge is 2.09. The second kappa shape index (κ2) is 9.11. The summed E-state index contributed by atoms with van der Waals surface area (Å²) in [6, 6.07) is 15.7. The maximum atomic E-state index is 12.1. The van der Waals surface area contributed by atoms with Crippen LogP contribution < -0.4 is 15.8 Å². The van der Waals surface area contributed by atoms with Gasteiger partial charge in [0.15, 0.2) is 0 Å². The van der Waals surface area contributed by atoms with Crippen molar-refractivity contribution in [3.05, 3.63) is 59.7 Å². The second-order valence-corrected chi connectivity index (χ2v) is 6.74. The van der Waals surface area contributed by atoms with Crippen molar-refractivity contribution in [3.63, 3.8) is 0 Å². The average Bonchev–Trinajstić information content (AvgIpc) is 2.56. The van der Waals surface area contributed by atoms with Gasteiger partial charge in [-0.2, -0.15) is 0 Å². The highest BCUT2D eigenvalue weighted by Crippen LogP contribution is 2.15. The molecule has 0 heterocycles. The average molecular weight is 340 g/mol. The second-order valence-electron chi connectivity index (χ2n) is 6.74. The Hall–Kier alpha value is -2.49. The molecule has 4 heteroatoms. The highest BCUT2D eigenvalue weighted by molar-refractivity contribution is 5.78. The van der Waals surface area contributed by atoms with Crippen molar-refractivity contribution < 1.29 is 9.53 Å². The van der Waals surface area contributed by atoms with Crippen LogP contribution in [-0.4, -0.2) is 18.1 Å². The normalized spacial score (nSPS) is 12.0. The predicted molar refractivity (Wildman–Crippen MR) is 103 cm³/mol. The molecule has 0 radical (unpaired) electrons. The molecule has 0 aromatic heterocycles. The van der Waals surface area contributed by atoms with Crippen LogP contribution in [0.15, 0.2) is 48.5 Å². The third kappa shape index (κ3) is 6.87. The minimum absolute atomic E-state index is 0.0398. The zero-order chi connectivity index (χ0) is 18.2. The van der Waals surface area contributed by atoms with Crippen LogP contribution in [0.3, 0.4) is 0 Å². The van der Waals surface area contributed by atoms with Gasteiger partial charge in [-0.15, -0.1) is 0 Å². The molecular formula is C21H28N2O2. The molecule has 2 aromatic rings. The van der Waals surface area contributed by atoms with E-state index in [4.69, 9.17) is 10.5 Å². The number of ether oxygens (including phenoxy) is 1. The molecule has 0 aliphatic carbocycles. The van der Waals surface area contributed by atoms with E-state index < -0.39 is 0 Å². The van der Waals surface area contributed by atoms with Crippen LogP contribution in [-0.2, 0) is 17.6 Å². The lowest BCUT2D eigenvalue weighted by Gasteiger charge is -2.14. The Morgan fingerprint density at radius 3 is 2.20 bits per heavy atom. The Morgan fingerprint density at radius 2 is 1.60 bits per heavy atom.